The van der Waals surface area contributed by atoms with Crippen molar-refractivity contribution in [3.8, 4) is 55.6 Å². The quantitative estimate of drug-likeness (QED) is 0.141. The van der Waals surface area contributed by atoms with E-state index in [2.05, 4.69) is 241 Å². The fourth-order valence-electron chi connectivity index (χ4n) is 8.34. The van der Waals surface area contributed by atoms with Gasteiger partial charge in [0.25, 0.3) is 0 Å². The van der Waals surface area contributed by atoms with Crippen molar-refractivity contribution in [3.63, 3.8) is 0 Å². The first kappa shape index (κ1) is 34.0. The van der Waals surface area contributed by atoms with Crippen molar-refractivity contribution in [2.45, 2.75) is 0 Å². The molecule has 0 spiro atoms. The van der Waals surface area contributed by atoms with E-state index in [1.807, 2.05) is 0 Å². The Hall–Kier alpha value is -7.48. The van der Waals surface area contributed by atoms with Gasteiger partial charge in [0.1, 0.15) is 0 Å². The molecule has 0 bridgehead atoms. The fraction of sp³-hybridized carbons (Fsp3) is 0. The van der Waals surface area contributed by atoms with Crippen LogP contribution < -0.4 is 4.90 Å². The molecule has 0 aliphatic rings. The van der Waals surface area contributed by atoms with E-state index in [4.69, 9.17) is 0 Å². The summed E-state index contributed by atoms with van der Waals surface area (Å²) < 4.78 is 0. The highest BCUT2D eigenvalue weighted by Crippen LogP contribution is 2.49. The molecule has 0 N–H and O–H groups in total. The number of benzene rings is 10. The third-order valence-corrected chi connectivity index (χ3v) is 11.1. The third-order valence-electron chi connectivity index (χ3n) is 11.1. The minimum Gasteiger partial charge on any atom is -0.309 e. The molecule has 0 aliphatic heterocycles. The van der Waals surface area contributed by atoms with Crippen LogP contribution in [-0.2, 0) is 0 Å². The maximum atomic E-state index is 2.45. The Labute approximate surface area is 334 Å². The van der Waals surface area contributed by atoms with Gasteiger partial charge in [-0.2, -0.15) is 0 Å². The van der Waals surface area contributed by atoms with Crippen LogP contribution in [-0.4, -0.2) is 0 Å². The van der Waals surface area contributed by atoms with Gasteiger partial charge >= 0.3 is 0 Å². The maximum absolute atomic E-state index is 2.45. The SMILES string of the molecule is c1ccc(-c2ccc(-c3c(N(c4ccccc4)c4ccc(-c5ccc(-c6ccccc6-c6ccccc6)cc5)cc4)c4ccccc4c4ccccc34)cc2)cc1. The van der Waals surface area contributed by atoms with Gasteiger partial charge in [0.15, 0.2) is 0 Å². The maximum Gasteiger partial charge on any atom is 0.0624 e. The van der Waals surface area contributed by atoms with Gasteiger partial charge in [0.05, 0.1) is 5.69 Å². The summed E-state index contributed by atoms with van der Waals surface area (Å²) >= 11 is 0. The predicted octanol–water partition coefficient (Wildman–Crippen LogP) is 15.8. The first-order chi connectivity index (χ1) is 28.3. The smallest absolute Gasteiger partial charge is 0.0624 e. The van der Waals surface area contributed by atoms with Gasteiger partial charge in [-0.15, -0.1) is 0 Å². The number of anilines is 3. The molecule has 0 amide bonds. The van der Waals surface area contributed by atoms with Crippen molar-refractivity contribution in [1.29, 1.82) is 0 Å². The Kier molecular flexibility index (Phi) is 8.95. The van der Waals surface area contributed by atoms with Crippen LogP contribution in [0.2, 0.25) is 0 Å². The van der Waals surface area contributed by atoms with Crippen LogP contribution in [0, 0.1) is 0 Å². The van der Waals surface area contributed by atoms with Crippen LogP contribution in [0.4, 0.5) is 17.1 Å². The molecule has 1 nitrogen and oxygen atoms in total. The number of hydrogen-bond acceptors (Lipinski definition) is 1. The normalized spacial score (nSPS) is 11.2. The van der Waals surface area contributed by atoms with Crippen molar-refractivity contribution in [2.75, 3.05) is 4.90 Å². The van der Waals surface area contributed by atoms with Gasteiger partial charge in [0, 0.05) is 22.3 Å². The van der Waals surface area contributed by atoms with Crippen molar-refractivity contribution in [2.24, 2.45) is 0 Å². The van der Waals surface area contributed by atoms with Crippen molar-refractivity contribution in [1.82, 2.24) is 0 Å². The second kappa shape index (κ2) is 15.0. The van der Waals surface area contributed by atoms with Gasteiger partial charge in [-0.25, -0.2) is 0 Å². The molecule has 10 aromatic carbocycles. The van der Waals surface area contributed by atoms with E-state index < -0.39 is 0 Å². The van der Waals surface area contributed by atoms with E-state index in [0.29, 0.717) is 0 Å². The van der Waals surface area contributed by atoms with Gasteiger partial charge in [-0.05, 0) is 90.5 Å². The van der Waals surface area contributed by atoms with Gasteiger partial charge < -0.3 is 4.90 Å². The zero-order valence-electron chi connectivity index (χ0n) is 31.5. The lowest BCUT2D eigenvalue weighted by molar-refractivity contribution is 1.30. The molecule has 1 heteroatoms. The van der Waals surface area contributed by atoms with Gasteiger partial charge in [-0.1, -0.05) is 212 Å². The highest BCUT2D eigenvalue weighted by Gasteiger charge is 2.23. The molecule has 10 aromatic rings. The number of rotatable bonds is 8. The Bertz CT molecular complexity index is 2950. The van der Waals surface area contributed by atoms with E-state index in [0.717, 1.165) is 17.1 Å². The summed E-state index contributed by atoms with van der Waals surface area (Å²) in [6.07, 6.45) is 0. The predicted molar refractivity (Wildman–Crippen MR) is 243 cm³/mol. The molecule has 0 unspecified atom stereocenters. The Morgan fingerprint density at radius 2 is 0.544 bits per heavy atom. The van der Waals surface area contributed by atoms with E-state index in [1.165, 1.54) is 77.2 Å². The molecule has 0 aliphatic carbocycles. The van der Waals surface area contributed by atoms with Crippen LogP contribution in [0.25, 0.3) is 77.2 Å². The van der Waals surface area contributed by atoms with Crippen LogP contribution in [0.3, 0.4) is 0 Å². The summed E-state index contributed by atoms with van der Waals surface area (Å²) in [4.78, 5) is 2.45. The Balaban J connectivity index is 1.10. The monoisotopic (exact) mass is 725 g/mol. The summed E-state index contributed by atoms with van der Waals surface area (Å²) in [6, 6.07) is 85.5. The molecule has 0 aromatic heterocycles. The highest BCUT2D eigenvalue weighted by atomic mass is 15.1. The first-order valence-corrected chi connectivity index (χ1v) is 19.6. The second-order valence-corrected chi connectivity index (χ2v) is 14.5. The molecule has 57 heavy (non-hydrogen) atoms. The van der Waals surface area contributed by atoms with Crippen molar-refractivity contribution >= 4 is 38.6 Å². The fourth-order valence-corrected chi connectivity index (χ4v) is 8.34. The summed E-state index contributed by atoms with van der Waals surface area (Å²) in [5, 5.41) is 4.92. The van der Waals surface area contributed by atoms with E-state index in [-0.39, 0.29) is 0 Å². The number of hydrogen-bond donors (Lipinski definition) is 0. The van der Waals surface area contributed by atoms with E-state index >= 15 is 0 Å². The molecule has 0 saturated carbocycles. The van der Waals surface area contributed by atoms with Gasteiger partial charge in [-0.3, -0.25) is 0 Å². The minimum absolute atomic E-state index is 1.10. The topological polar surface area (TPSA) is 3.24 Å². The molecule has 0 radical (unpaired) electrons. The lowest BCUT2D eigenvalue weighted by Crippen LogP contribution is -2.12. The van der Waals surface area contributed by atoms with Crippen molar-refractivity contribution < 1.29 is 0 Å². The highest BCUT2D eigenvalue weighted by molar-refractivity contribution is 6.22. The lowest BCUT2D eigenvalue weighted by atomic mass is 9.89. The Morgan fingerprint density at radius 1 is 0.211 bits per heavy atom. The summed E-state index contributed by atoms with van der Waals surface area (Å²) in [7, 11) is 0. The molecular weight excluding hydrogens is 687 g/mol. The van der Waals surface area contributed by atoms with Crippen molar-refractivity contribution in [3.05, 3.63) is 237 Å². The summed E-state index contributed by atoms with van der Waals surface area (Å²) in [5.41, 5.74) is 15.4. The van der Waals surface area contributed by atoms with E-state index in [1.54, 1.807) is 0 Å². The molecule has 10 rings (SSSR count). The number of fused-ring (bicyclic) bond motifs is 3. The average Bonchev–Trinajstić information content (AvgIpc) is 3.30. The zero-order valence-corrected chi connectivity index (χ0v) is 31.5. The van der Waals surface area contributed by atoms with Crippen LogP contribution in [0.5, 0.6) is 0 Å². The molecule has 0 saturated heterocycles. The summed E-state index contributed by atoms with van der Waals surface area (Å²) in [6.45, 7) is 0. The van der Waals surface area contributed by atoms with Crippen LogP contribution in [0.1, 0.15) is 0 Å². The first-order valence-electron chi connectivity index (χ1n) is 19.6. The van der Waals surface area contributed by atoms with Crippen LogP contribution >= 0.6 is 0 Å². The lowest BCUT2D eigenvalue weighted by Gasteiger charge is -2.30. The molecule has 0 heterocycles. The molecule has 0 fully saturated rings. The molecular formula is C56H39N. The zero-order chi connectivity index (χ0) is 38.0. The second-order valence-electron chi connectivity index (χ2n) is 14.5. The van der Waals surface area contributed by atoms with Gasteiger partial charge in [0.2, 0.25) is 0 Å². The third kappa shape index (κ3) is 6.46. The minimum atomic E-state index is 1.10. The summed E-state index contributed by atoms with van der Waals surface area (Å²) in [5.74, 6) is 0. The number of nitrogens with zero attached hydrogens (tertiary/aromatic N) is 1. The van der Waals surface area contributed by atoms with Crippen LogP contribution in [0.15, 0.2) is 237 Å². The van der Waals surface area contributed by atoms with E-state index in [9.17, 15) is 0 Å². The molecule has 0 atom stereocenters. The average molecular weight is 726 g/mol. The molecule has 268 valence electrons. The standard InChI is InChI=1S/C56H39N/c1-4-16-40(17-5-1)41-30-34-46(35-31-41)55-53-26-14-12-24-51(53)52-25-13-15-27-54(52)56(55)57(47-20-8-3-9-21-47)48-38-36-43(37-39-48)42-28-32-45(33-29-42)50-23-11-10-22-49(50)44-18-6-2-7-19-44/h1-39H. The Morgan fingerprint density at radius 3 is 1.11 bits per heavy atom. The number of para-hydroxylation sites is 1. The largest absolute Gasteiger partial charge is 0.309 e.